The lowest BCUT2D eigenvalue weighted by Gasteiger charge is -2.32. The van der Waals surface area contributed by atoms with E-state index in [4.69, 9.17) is 0 Å². The van der Waals surface area contributed by atoms with Gasteiger partial charge in [-0.2, -0.15) is 0 Å². The molecule has 1 aromatic rings. The summed E-state index contributed by atoms with van der Waals surface area (Å²) < 4.78 is 26.0. The largest absolute Gasteiger partial charge is 0.351 e. The summed E-state index contributed by atoms with van der Waals surface area (Å²) in [4.78, 5) is 8.45. The number of nitrogens with zero attached hydrogens (tertiary/aromatic N) is 3. The van der Waals surface area contributed by atoms with E-state index in [9.17, 15) is 8.42 Å². The fourth-order valence-electron chi connectivity index (χ4n) is 2.45. The molecule has 0 amide bonds. The molecule has 7 heteroatoms. The van der Waals surface area contributed by atoms with Gasteiger partial charge in [0.2, 0.25) is 16.0 Å². The minimum atomic E-state index is -3.11. The minimum absolute atomic E-state index is 0.159. The number of piperidine rings is 1. The zero-order valence-corrected chi connectivity index (χ0v) is 13.7. The van der Waals surface area contributed by atoms with E-state index in [1.807, 2.05) is 20.8 Å². The fourth-order valence-corrected chi connectivity index (χ4v) is 4.28. The second kappa shape index (κ2) is 6.70. The van der Waals surface area contributed by atoms with Crippen molar-refractivity contribution in [2.75, 3.05) is 24.2 Å². The SMILES string of the molecule is Cc1cnc(NC2CCN(S(=O)(=O)CC(C)C)CC2)nc1. The summed E-state index contributed by atoms with van der Waals surface area (Å²) in [6, 6.07) is 0.234. The summed E-state index contributed by atoms with van der Waals surface area (Å²) in [5.41, 5.74) is 1.02. The van der Waals surface area contributed by atoms with Crippen LogP contribution >= 0.6 is 0 Å². The Labute approximate surface area is 127 Å². The molecule has 1 aliphatic rings. The van der Waals surface area contributed by atoms with Crippen LogP contribution in [0.3, 0.4) is 0 Å². The second-order valence-electron chi connectivity index (χ2n) is 6.07. The van der Waals surface area contributed by atoms with Crippen molar-refractivity contribution in [3.63, 3.8) is 0 Å². The molecular weight excluding hydrogens is 288 g/mol. The van der Waals surface area contributed by atoms with Crippen molar-refractivity contribution in [2.24, 2.45) is 5.92 Å². The van der Waals surface area contributed by atoms with Crippen LogP contribution in [0.25, 0.3) is 0 Å². The third kappa shape index (κ3) is 4.64. The first-order valence-electron chi connectivity index (χ1n) is 7.40. The summed E-state index contributed by atoms with van der Waals surface area (Å²) in [7, 11) is -3.11. The van der Waals surface area contributed by atoms with Gasteiger partial charge in [-0.1, -0.05) is 13.8 Å². The van der Waals surface area contributed by atoms with Crippen LogP contribution in [0.15, 0.2) is 12.4 Å². The monoisotopic (exact) mass is 312 g/mol. The Morgan fingerprint density at radius 3 is 2.38 bits per heavy atom. The van der Waals surface area contributed by atoms with Crippen LogP contribution in [0, 0.1) is 12.8 Å². The summed E-state index contributed by atoms with van der Waals surface area (Å²) in [5.74, 6) is 1.00. The van der Waals surface area contributed by atoms with Crippen LogP contribution in [-0.4, -0.2) is 47.6 Å². The Balaban J connectivity index is 1.87. The summed E-state index contributed by atoms with van der Waals surface area (Å²) in [6.45, 7) is 6.94. The average molecular weight is 312 g/mol. The van der Waals surface area contributed by atoms with Crippen molar-refractivity contribution in [2.45, 2.75) is 39.7 Å². The quantitative estimate of drug-likeness (QED) is 0.894. The van der Waals surface area contributed by atoms with E-state index in [0.29, 0.717) is 19.0 Å². The molecule has 0 unspecified atom stereocenters. The first kappa shape index (κ1) is 16.2. The van der Waals surface area contributed by atoms with Crippen molar-refractivity contribution in [1.29, 1.82) is 0 Å². The molecule has 1 aliphatic heterocycles. The lowest BCUT2D eigenvalue weighted by Crippen LogP contribution is -2.44. The van der Waals surface area contributed by atoms with Crippen molar-refractivity contribution in [1.82, 2.24) is 14.3 Å². The maximum absolute atomic E-state index is 12.2. The topological polar surface area (TPSA) is 75.2 Å². The van der Waals surface area contributed by atoms with Crippen molar-refractivity contribution < 1.29 is 8.42 Å². The molecule has 0 spiro atoms. The number of hydrogen-bond acceptors (Lipinski definition) is 5. The zero-order valence-electron chi connectivity index (χ0n) is 12.9. The molecule has 118 valence electrons. The minimum Gasteiger partial charge on any atom is -0.351 e. The lowest BCUT2D eigenvalue weighted by atomic mass is 10.1. The van der Waals surface area contributed by atoms with Crippen LogP contribution in [0.2, 0.25) is 0 Å². The van der Waals surface area contributed by atoms with Gasteiger partial charge >= 0.3 is 0 Å². The Kier molecular flexibility index (Phi) is 5.16. The third-order valence-electron chi connectivity index (χ3n) is 3.51. The Bertz CT molecular complexity index is 549. The molecule has 1 fully saturated rings. The van der Waals surface area contributed by atoms with Gasteiger partial charge in [0.25, 0.3) is 0 Å². The van der Waals surface area contributed by atoms with Crippen molar-refractivity contribution in [3.8, 4) is 0 Å². The number of aryl methyl sites for hydroxylation is 1. The number of anilines is 1. The zero-order chi connectivity index (χ0) is 15.5. The molecule has 0 bridgehead atoms. The van der Waals surface area contributed by atoms with Gasteiger partial charge in [0, 0.05) is 31.5 Å². The molecule has 0 aliphatic carbocycles. The number of hydrogen-bond donors (Lipinski definition) is 1. The molecular formula is C14H24N4O2S. The van der Waals surface area contributed by atoms with Crippen LogP contribution in [0.4, 0.5) is 5.95 Å². The molecule has 2 rings (SSSR count). The predicted octanol–water partition coefficient (Wildman–Crippen LogP) is 1.65. The van der Waals surface area contributed by atoms with Crippen LogP contribution < -0.4 is 5.32 Å². The molecule has 6 nitrogen and oxygen atoms in total. The van der Waals surface area contributed by atoms with Gasteiger partial charge in [0.15, 0.2) is 0 Å². The molecule has 0 radical (unpaired) electrons. The highest BCUT2D eigenvalue weighted by molar-refractivity contribution is 7.89. The van der Waals surface area contributed by atoms with Crippen LogP contribution in [-0.2, 0) is 10.0 Å². The fraction of sp³-hybridized carbons (Fsp3) is 0.714. The Hall–Kier alpha value is -1.21. The molecule has 1 N–H and O–H groups in total. The second-order valence-corrected chi connectivity index (χ2v) is 8.09. The molecule has 1 aromatic heterocycles. The number of aromatic nitrogens is 2. The first-order valence-corrected chi connectivity index (χ1v) is 9.01. The first-order chi connectivity index (χ1) is 9.87. The molecule has 21 heavy (non-hydrogen) atoms. The van der Waals surface area contributed by atoms with E-state index in [1.165, 1.54) is 0 Å². The van der Waals surface area contributed by atoms with E-state index < -0.39 is 10.0 Å². The summed E-state index contributed by atoms with van der Waals surface area (Å²) in [6.07, 6.45) is 5.12. The van der Waals surface area contributed by atoms with Gasteiger partial charge in [0.05, 0.1) is 5.75 Å². The van der Waals surface area contributed by atoms with Crippen LogP contribution in [0.5, 0.6) is 0 Å². The Morgan fingerprint density at radius 2 is 1.86 bits per heavy atom. The molecule has 0 aromatic carbocycles. The average Bonchev–Trinajstić information content (AvgIpc) is 2.41. The highest BCUT2D eigenvalue weighted by Crippen LogP contribution is 2.18. The van der Waals surface area contributed by atoms with Crippen LogP contribution in [0.1, 0.15) is 32.3 Å². The van der Waals surface area contributed by atoms with E-state index in [2.05, 4.69) is 15.3 Å². The van der Waals surface area contributed by atoms with Gasteiger partial charge in [-0.05, 0) is 31.2 Å². The normalized spacial score (nSPS) is 18.1. The standard InChI is InChI=1S/C14H24N4O2S/c1-11(2)10-21(19,20)18-6-4-13(5-7-18)17-14-15-8-12(3)9-16-14/h8-9,11,13H,4-7,10H2,1-3H3,(H,15,16,17). The highest BCUT2D eigenvalue weighted by Gasteiger charge is 2.28. The van der Waals surface area contributed by atoms with Gasteiger partial charge in [-0.25, -0.2) is 22.7 Å². The van der Waals surface area contributed by atoms with E-state index in [1.54, 1.807) is 16.7 Å². The van der Waals surface area contributed by atoms with E-state index >= 15 is 0 Å². The predicted molar refractivity (Wildman–Crippen MR) is 83.6 cm³/mol. The summed E-state index contributed by atoms with van der Waals surface area (Å²) >= 11 is 0. The molecule has 1 saturated heterocycles. The molecule has 0 atom stereocenters. The molecule has 0 saturated carbocycles. The third-order valence-corrected chi connectivity index (χ3v) is 5.75. The maximum atomic E-state index is 12.2. The lowest BCUT2D eigenvalue weighted by molar-refractivity contribution is 0.327. The van der Waals surface area contributed by atoms with Crippen molar-refractivity contribution in [3.05, 3.63) is 18.0 Å². The van der Waals surface area contributed by atoms with Crippen molar-refractivity contribution >= 4 is 16.0 Å². The number of nitrogens with one attached hydrogen (secondary N) is 1. The van der Waals surface area contributed by atoms with Gasteiger partial charge in [-0.3, -0.25) is 0 Å². The smallest absolute Gasteiger partial charge is 0.222 e. The number of rotatable bonds is 5. The summed E-state index contributed by atoms with van der Waals surface area (Å²) in [5, 5.41) is 3.28. The molecule has 2 heterocycles. The highest BCUT2D eigenvalue weighted by atomic mass is 32.2. The van der Waals surface area contributed by atoms with E-state index in [-0.39, 0.29) is 17.7 Å². The van der Waals surface area contributed by atoms with Gasteiger partial charge in [-0.15, -0.1) is 0 Å². The van der Waals surface area contributed by atoms with E-state index in [0.717, 1.165) is 18.4 Å². The number of sulfonamides is 1. The van der Waals surface area contributed by atoms with Gasteiger partial charge < -0.3 is 5.32 Å². The van der Waals surface area contributed by atoms with Gasteiger partial charge in [0.1, 0.15) is 0 Å². The Morgan fingerprint density at radius 1 is 1.29 bits per heavy atom. The maximum Gasteiger partial charge on any atom is 0.222 e.